The largest absolute Gasteiger partial charge is 0.322 e. The zero-order valence-corrected chi connectivity index (χ0v) is 17.7. The van der Waals surface area contributed by atoms with E-state index in [0.29, 0.717) is 27.3 Å². The SMILES string of the molecule is O=C(Nc1c(Cl)cc(Cl)cc1Cl)N1CCC[C@H]1c1nc(-c2ccccc2)cs1. The van der Waals surface area contributed by atoms with Crippen LogP contribution < -0.4 is 5.32 Å². The zero-order valence-electron chi connectivity index (χ0n) is 14.7. The van der Waals surface area contributed by atoms with Crippen LogP contribution >= 0.6 is 46.1 Å². The molecule has 8 heteroatoms. The lowest BCUT2D eigenvalue weighted by atomic mass is 10.2. The molecule has 28 heavy (non-hydrogen) atoms. The molecule has 1 aromatic heterocycles. The summed E-state index contributed by atoms with van der Waals surface area (Å²) in [6.07, 6.45) is 1.79. The number of benzene rings is 2. The van der Waals surface area contributed by atoms with Crippen molar-refractivity contribution in [2.45, 2.75) is 18.9 Å². The van der Waals surface area contributed by atoms with Crippen molar-refractivity contribution in [1.82, 2.24) is 9.88 Å². The summed E-state index contributed by atoms with van der Waals surface area (Å²) in [4.78, 5) is 19.5. The van der Waals surface area contributed by atoms with Gasteiger partial charge in [-0.2, -0.15) is 0 Å². The number of carbonyl (C=O) groups is 1. The van der Waals surface area contributed by atoms with E-state index in [1.807, 2.05) is 35.7 Å². The second kappa shape index (κ2) is 8.29. The highest BCUT2D eigenvalue weighted by Crippen LogP contribution is 2.38. The number of likely N-dealkylation sites (tertiary alicyclic amines) is 1. The van der Waals surface area contributed by atoms with E-state index in [1.165, 1.54) is 0 Å². The quantitative estimate of drug-likeness (QED) is 0.459. The van der Waals surface area contributed by atoms with Gasteiger partial charge in [-0.15, -0.1) is 11.3 Å². The lowest BCUT2D eigenvalue weighted by molar-refractivity contribution is 0.207. The number of aromatic nitrogens is 1. The van der Waals surface area contributed by atoms with E-state index < -0.39 is 0 Å². The Balaban J connectivity index is 1.54. The number of nitrogens with one attached hydrogen (secondary N) is 1. The molecule has 2 aromatic carbocycles. The molecule has 0 radical (unpaired) electrons. The fraction of sp³-hybridized carbons (Fsp3) is 0.200. The molecule has 1 fully saturated rings. The van der Waals surface area contributed by atoms with Crippen LogP contribution in [-0.4, -0.2) is 22.5 Å². The lowest BCUT2D eigenvalue weighted by Crippen LogP contribution is -2.34. The van der Waals surface area contributed by atoms with Gasteiger partial charge in [0.1, 0.15) is 5.01 Å². The van der Waals surface area contributed by atoms with E-state index in [2.05, 4.69) is 5.32 Å². The Morgan fingerprint density at radius 1 is 1.14 bits per heavy atom. The van der Waals surface area contributed by atoms with Crippen LogP contribution in [0.4, 0.5) is 10.5 Å². The molecule has 3 aromatic rings. The van der Waals surface area contributed by atoms with Crippen LogP contribution in [0, 0.1) is 0 Å². The van der Waals surface area contributed by atoms with Crippen molar-refractivity contribution in [2.24, 2.45) is 0 Å². The molecule has 0 spiro atoms. The predicted octanol–water partition coefficient (Wildman–Crippen LogP) is 7.14. The van der Waals surface area contributed by atoms with Crippen LogP contribution in [0.1, 0.15) is 23.9 Å². The Hall–Kier alpha value is -1.79. The highest BCUT2D eigenvalue weighted by molar-refractivity contribution is 7.10. The molecule has 1 aliphatic rings. The molecule has 0 unspecified atom stereocenters. The molecule has 0 bridgehead atoms. The van der Waals surface area contributed by atoms with Crippen LogP contribution in [0.2, 0.25) is 15.1 Å². The zero-order chi connectivity index (χ0) is 19.7. The molecule has 144 valence electrons. The molecule has 1 saturated heterocycles. The standard InChI is InChI=1S/C20H16Cl3N3OS/c21-13-9-14(22)18(15(23)10-13)25-20(27)26-8-4-7-17(26)19-24-16(11-28-19)12-5-2-1-3-6-12/h1-3,5-6,9-11,17H,4,7-8H2,(H,25,27)/t17-/m0/s1. The van der Waals surface area contributed by atoms with Gasteiger partial charge in [-0.3, -0.25) is 0 Å². The molecule has 4 nitrogen and oxygen atoms in total. The van der Waals surface area contributed by atoms with Crippen LogP contribution in [0.25, 0.3) is 11.3 Å². The minimum Gasteiger partial charge on any atom is -0.315 e. The Labute approximate surface area is 182 Å². The Morgan fingerprint density at radius 2 is 1.86 bits per heavy atom. The first-order valence-electron chi connectivity index (χ1n) is 8.76. The van der Waals surface area contributed by atoms with E-state index in [1.54, 1.807) is 28.4 Å². The van der Waals surface area contributed by atoms with E-state index in [4.69, 9.17) is 39.8 Å². The number of carbonyl (C=O) groups excluding carboxylic acids is 1. The number of thiazole rings is 1. The number of urea groups is 1. The van der Waals surface area contributed by atoms with Crippen molar-refractivity contribution in [3.8, 4) is 11.3 Å². The first-order chi connectivity index (χ1) is 13.5. The van der Waals surface area contributed by atoms with Gasteiger partial charge in [-0.05, 0) is 25.0 Å². The van der Waals surface area contributed by atoms with E-state index in [9.17, 15) is 4.79 Å². The molecule has 2 amide bonds. The number of hydrogen-bond acceptors (Lipinski definition) is 3. The van der Waals surface area contributed by atoms with Crippen molar-refractivity contribution < 1.29 is 4.79 Å². The van der Waals surface area contributed by atoms with Crippen LogP contribution in [0.15, 0.2) is 47.8 Å². The minimum atomic E-state index is -0.245. The molecule has 0 saturated carbocycles. The van der Waals surface area contributed by atoms with Gasteiger partial charge in [-0.1, -0.05) is 65.1 Å². The van der Waals surface area contributed by atoms with Gasteiger partial charge in [-0.25, -0.2) is 9.78 Å². The summed E-state index contributed by atoms with van der Waals surface area (Å²) in [5.41, 5.74) is 2.36. The topological polar surface area (TPSA) is 45.2 Å². The van der Waals surface area contributed by atoms with Crippen LogP contribution in [0.3, 0.4) is 0 Å². The number of anilines is 1. The van der Waals surface area contributed by atoms with Crippen molar-refractivity contribution in [2.75, 3.05) is 11.9 Å². The summed E-state index contributed by atoms with van der Waals surface area (Å²) in [5.74, 6) is 0. The molecular formula is C20H16Cl3N3OS. The number of rotatable bonds is 3. The Morgan fingerprint density at radius 3 is 2.57 bits per heavy atom. The third-order valence-corrected chi connectivity index (χ3v) is 6.39. The molecule has 0 aliphatic carbocycles. The summed E-state index contributed by atoms with van der Waals surface area (Å²) in [6, 6.07) is 12.8. The third kappa shape index (κ3) is 3.98. The van der Waals surface area contributed by atoms with Gasteiger partial charge in [0.2, 0.25) is 0 Å². The summed E-state index contributed by atoms with van der Waals surface area (Å²) in [6.45, 7) is 0.652. The minimum absolute atomic E-state index is 0.0627. The molecule has 1 N–H and O–H groups in total. The van der Waals surface area contributed by atoms with Gasteiger partial charge in [0.25, 0.3) is 0 Å². The molecular weight excluding hydrogens is 437 g/mol. The highest BCUT2D eigenvalue weighted by Gasteiger charge is 2.32. The smallest absolute Gasteiger partial charge is 0.315 e. The monoisotopic (exact) mass is 451 g/mol. The van der Waals surface area contributed by atoms with Gasteiger partial charge in [0.15, 0.2) is 0 Å². The summed E-state index contributed by atoms with van der Waals surface area (Å²) in [5, 5.41) is 6.83. The van der Waals surface area contributed by atoms with Crippen LogP contribution in [0.5, 0.6) is 0 Å². The Kier molecular flexibility index (Phi) is 5.78. The van der Waals surface area contributed by atoms with Crippen molar-refractivity contribution in [1.29, 1.82) is 0 Å². The van der Waals surface area contributed by atoms with Crippen molar-refractivity contribution in [3.63, 3.8) is 0 Å². The second-order valence-electron chi connectivity index (χ2n) is 6.46. The molecule has 2 heterocycles. The van der Waals surface area contributed by atoms with Gasteiger partial charge in [0.05, 0.1) is 27.5 Å². The lowest BCUT2D eigenvalue weighted by Gasteiger charge is -2.24. The summed E-state index contributed by atoms with van der Waals surface area (Å²) >= 11 is 19.9. The van der Waals surface area contributed by atoms with Gasteiger partial charge < -0.3 is 10.2 Å². The summed E-state index contributed by atoms with van der Waals surface area (Å²) in [7, 11) is 0. The van der Waals surface area contributed by atoms with Gasteiger partial charge >= 0.3 is 6.03 Å². The average molecular weight is 453 g/mol. The maximum atomic E-state index is 12.9. The average Bonchev–Trinajstić information content (AvgIpc) is 3.34. The van der Waals surface area contributed by atoms with Crippen molar-refractivity contribution >= 4 is 57.9 Å². The number of hydrogen-bond donors (Lipinski definition) is 1. The fourth-order valence-electron chi connectivity index (χ4n) is 3.29. The number of nitrogens with zero attached hydrogens (tertiary/aromatic N) is 2. The van der Waals surface area contributed by atoms with E-state index >= 15 is 0 Å². The first-order valence-corrected chi connectivity index (χ1v) is 10.8. The molecule has 1 aliphatic heterocycles. The highest BCUT2D eigenvalue weighted by atomic mass is 35.5. The Bertz CT molecular complexity index is 986. The van der Waals surface area contributed by atoms with Crippen LogP contribution in [-0.2, 0) is 0 Å². The first kappa shape index (κ1) is 19.5. The summed E-state index contributed by atoms with van der Waals surface area (Å²) < 4.78 is 0. The van der Waals surface area contributed by atoms with E-state index in [0.717, 1.165) is 29.1 Å². The molecule has 1 atom stereocenters. The predicted molar refractivity (Wildman–Crippen MR) is 117 cm³/mol. The maximum Gasteiger partial charge on any atom is 0.322 e. The van der Waals surface area contributed by atoms with E-state index in [-0.39, 0.29) is 12.1 Å². The number of halogens is 3. The van der Waals surface area contributed by atoms with Gasteiger partial charge in [0, 0.05) is 22.5 Å². The second-order valence-corrected chi connectivity index (χ2v) is 8.60. The number of amides is 2. The third-order valence-electron chi connectivity index (χ3n) is 4.63. The fourth-order valence-corrected chi connectivity index (χ4v) is 5.17. The van der Waals surface area contributed by atoms with Crippen molar-refractivity contribution in [3.05, 3.63) is 67.9 Å². The maximum absolute atomic E-state index is 12.9. The normalized spacial score (nSPS) is 16.4. The molecule has 4 rings (SSSR count).